The molecule has 0 saturated carbocycles. The Labute approximate surface area is 174 Å². The Morgan fingerprint density at radius 1 is 0.900 bits per heavy atom. The number of hydrogen-bond acceptors (Lipinski definition) is 7. The fourth-order valence-corrected chi connectivity index (χ4v) is 4.29. The highest BCUT2D eigenvalue weighted by molar-refractivity contribution is 7.98. The van der Waals surface area contributed by atoms with Crippen LogP contribution < -0.4 is 11.1 Å². The lowest BCUT2D eigenvalue weighted by atomic mass is 10.2. The summed E-state index contributed by atoms with van der Waals surface area (Å²) in [5.74, 6) is 0.707. The molecule has 0 aliphatic carbocycles. The van der Waals surface area contributed by atoms with Crippen LogP contribution in [0.15, 0.2) is 63.3 Å². The van der Waals surface area contributed by atoms with Gasteiger partial charge in [-0.3, -0.25) is 18.6 Å². The van der Waals surface area contributed by atoms with Crippen LogP contribution in [0.5, 0.6) is 0 Å². The zero-order chi connectivity index (χ0) is 20.7. The zero-order valence-corrected chi connectivity index (χ0v) is 16.9. The average molecular weight is 419 g/mol. The van der Waals surface area contributed by atoms with Crippen LogP contribution in [0.1, 0.15) is 13.3 Å². The van der Waals surface area contributed by atoms with Gasteiger partial charge in [-0.2, -0.15) is 4.68 Å². The van der Waals surface area contributed by atoms with Gasteiger partial charge >= 0.3 is 0 Å². The Bertz CT molecular complexity index is 1520. The summed E-state index contributed by atoms with van der Waals surface area (Å²) < 4.78 is 4.80. The molecule has 0 fully saturated rings. The van der Waals surface area contributed by atoms with E-state index < -0.39 is 0 Å². The van der Waals surface area contributed by atoms with E-state index in [1.165, 1.54) is 16.4 Å². The van der Waals surface area contributed by atoms with Gasteiger partial charge in [0.2, 0.25) is 5.78 Å². The minimum absolute atomic E-state index is 0.0829. The molecule has 0 aliphatic rings. The minimum Gasteiger partial charge on any atom is -0.276 e. The largest absolute Gasteiger partial charge is 0.278 e. The van der Waals surface area contributed by atoms with Crippen LogP contribution in [0.4, 0.5) is 0 Å². The Hall–Kier alpha value is -3.53. The third-order valence-corrected chi connectivity index (χ3v) is 5.77. The highest BCUT2D eigenvalue weighted by Gasteiger charge is 2.17. The SMILES string of the molecule is CCCn1c(=O)c2ccccc2n2c(SCn3nnc4ccccc4c3=O)nnc12. The van der Waals surface area contributed by atoms with Gasteiger partial charge in [0.05, 0.1) is 22.2 Å². The fourth-order valence-electron chi connectivity index (χ4n) is 3.48. The summed E-state index contributed by atoms with van der Waals surface area (Å²) in [6.07, 6.45) is 0.797. The van der Waals surface area contributed by atoms with Crippen LogP contribution in [0.25, 0.3) is 27.6 Å². The molecule has 0 aliphatic heterocycles. The van der Waals surface area contributed by atoms with Crippen LogP contribution in [-0.4, -0.2) is 34.2 Å². The predicted molar refractivity (Wildman–Crippen MR) is 115 cm³/mol. The molecule has 10 heteroatoms. The van der Waals surface area contributed by atoms with Crippen molar-refractivity contribution in [2.45, 2.75) is 30.9 Å². The maximum Gasteiger partial charge on any atom is 0.278 e. The van der Waals surface area contributed by atoms with Gasteiger partial charge in [0.1, 0.15) is 5.52 Å². The number of benzene rings is 2. The summed E-state index contributed by atoms with van der Waals surface area (Å²) in [5, 5.41) is 18.4. The number of thioether (sulfide) groups is 1. The first kappa shape index (κ1) is 18.5. The molecule has 0 saturated heterocycles. The third-order valence-electron chi connectivity index (χ3n) is 4.87. The molecule has 3 aromatic heterocycles. The molecule has 150 valence electrons. The van der Waals surface area contributed by atoms with Gasteiger partial charge in [0.15, 0.2) is 5.16 Å². The quantitative estimate of drug-likeness (QED) is 0.403. The number of hydrogen-bond donors (Lipinski definition) is 0. The molecule has 30 heavy (non-hydrogen) atoms. The lowest BCUT2D eigenvalue weighted by Gasteiger charge is -2.10. The predicted octanol–water partition coefficient (Wildman–Crippen LogP) is 2.31. The van der Waals surface area contributed by atoms with Crippen molar-refractivity contribution in [3.8, 4) is 0 Å². The minimum atomic E-state index is -0.213. The standard InChI is InChI=1S/C20H17N7O2S/c1-2-11-25-17(28)14-8-4-6-10-16(14)27-19(25)22-23-20(27)30-12-26-18(29)13-7-3-5-9-15(13)21-24-26/h3-10H,2,11-12H2,1H3. The van der Waals surface area contributed by atoms with Crippen molar-refractivity contribution in [2.75, 3.05) is 0 Å². The molecule has 0 amide bonds. The Morgan fingerprint density at radius 3 is 2.50 bits per heavy atom. The van der Waals surface area contributed by atoms with Crippen molar-refractivity contribution in [1.82, 2.24) is 34.2 Å². The highest BCUT2D eigenvalue weighted by Crippen LogP contribution is 2.22. The van der Waals surface area contributed by atoms with Crippen molar-refractivity contribution >= 4 is 39.3 Å². The molecule has 0 bridgehead atoms. The molecule has 5 rings (SSSR count). The molecular weight excluding hydrogens is 402 g/mol. The van der Waals surface area contributed by atoms with E-state index >= 15 is 0 Å². The summed E-state index contributed by atoms with van der Waals surface area (Å²) in [7, 11) is 0. The maximum atomic E-state index is 12.9. The van der Waals surface area contributed by atoms with Crippen LogP contribution in [0.2, 0.25) is 0 Å². The van der Waals surface area contributed by atoms with E-state index in [0.717, 1.165) is 11.9 Å². The fraction of sp³-hybridized carbons (Fsp3) is 0.200. The third kappa shape index (κ3) is 2.88. The van der Waals surface area contributed by atoms with E-state index in [9.17, 15) is 9.59 Å². The Balaban J connectivity index is 1.62. The second kappa shape index (κ2) is 7.38. The molecule has 0 unspecified atom stereocenters. The van der Waals surface area contributed by atoms with Crippen LogP contribution in [0, 0.1) is 0 Å². The lowest BCUT2D eigenvalue weighted by Crippen LogP contribution is -2.24. The van der Waals surface area contributed by atoms with Gasteiger partial charge < -0.3 is 0 Å². The zero-order valence-electron chi connectivity index (χ0n) is 16.1. The molecule has 0 atom stereocenters. The molecule has 0 radical (unpaired) electrons. The van der Waals surface area contributed by atoms with Crippen LogP contribution in [0.3, 0.4) is 0 Å². The summed E-state index contributed by atoms with van der Waals surface area (Å²) >= 11 is 1.31. The summed E-state index contributed by atoms with van der Waals surface area (Å²) in [6, 6.07) is 14.5. The summed E-state index contributed by atoms with van der Waals surface area (Å²) in [4.78, 5) is 25.6. The Kier molecular flexibility index (Phi) is 4.55. The number of aromatic nitrogens is 7. The van der Waals surface area contributed by atoms with Gasteiger partial charge in [-0.1, -0.05) is 48.2 Å². The molecule has 0 N–H and O–H groups in total. The van der Waals surface area contributed by atoms with E-state index in [2.05, 4.69) is 20.5 Å². The first-order chi connectivity index (χ1) is 14.7. The summed E-state index contributed by atoms with van der Waals surface area (Å²) in [5.41, 5.74) is 0.996. The second-order valence-electron chi connectivity index (χ2n) is 6.78. The number of fused-ring (bicyclic) bond motifs is 4. The first-order valence-corrected chi connectivity index (χ1v) is 10.5. The van der Waals surface area contributed by atoms with Gasteiger partial charge in [-0.25, -0.2) is 0 Å². The topological polar surface area (TPSA) is 100.0 Å². The van der Waals surface area contributed by atoms with Crippen molar-refractivity contribution < 1.29 is 0 Å². The van der Waals surface area contributed by atoms with E-state index in [0.29, 0.717) is 33.8 Å². The highest BCUT2D eigenvalue weighted by atomic mass is 32.2. The maximum absolute atomic E-state index is 12.9. The van der Waals surface area contributed by atoms with E-state index in [4.69, 9.17) is 0 Å². The number of para-hydroxylation sites is 1. The van der Waals surface area contributed by atoms with E-state index in [1.807, 2.05) is 35.6 Å². The van der Waals surface area contributed by atoms with Gasteiger partial charge in [0.25, 0.3) is 11.1 Å². The van der Waals surface area contributed by atoms with Gasteiger partial charge in [-0.15, -0.1) is 15.3 Å². The molecule has 0 spiro atoms. The summed E-state index contributed by atoms with van der Waals surface area (Å²) in [6.45, 7) is 2.56. The van der Waals surface area contributed by atoms with E-state index in [1.54, 1.807) is 28.8 Å². The molecule has 5 aromatic rings. The van der Waals surface area contributed by atoms with Crippen LogP contribution >= 0.6 is 11.8 Å². The van der Waals surface area contributed by atoms with Crippen molar-refractivity contribution in [2.24, 2.45) is 0 Å². The van der Waals surface area contributed by atoms with Gasteiger partial charge in [0, 0.05) is 6.54 Å². The number of nitrogens with zero attached hydrogens (tertiary/aromatic N) is 7. The van der Waals surface area contributed by atoms with E-state index in [-0.39, 0.29) is 17.0 Å². The Morgan fingerprint density at radius 2 is 1.67 bits per heavy atom. The number of rotatable bonds is 5. The first-order valence-electron chi connectivity index (χ1n) is 9.51. The molecular formula is C20H17N7O2S. The van der Waals surface area contributed by atoms with Crippen molar-refractivity contribution in [3.63, 3.8) is 0 Å². The number of aryl methyl sites for hydroxylation is 1. The smallest absolute Gasteiger partial charge is 0.276 e. The average Bonchev–Trinajstić information content (AvgIpc) is 3.20. The van der Waals surface area contributed by atoms with Crippen LogP contribution in [-0.2, 0) is 12.4 Å². The second-order valence-corrected chi connectivity index (χ2v) is 7.69. The normalized spacial score (nSPS) is 11.6. The monoisotopic (exact) mass is 419 g/mol. The molecule has 2 aromatic carbocycles. The van der Waals surface area contributed by atoms with Crippen molar-refractivity contribution in [3.05, 3.63) is 69.2 Å². The molecule has 3 heterocycles. The van der Waals surface area contributed by atoms with Gasteiger partial charge in [-0.05, 0) is 30.7 Å². The van der Waals surface area contributed by atoms with Crippen molar-refractivity contribution in [1.29, 1.82) is 0 Å². The lowest BCUT2D eigenvalue weighted by molar-refractivity contribution is 0.643. The molecule has 9 nitrogen and oxygen atoms in total.